The second-order valence-corrected chi connectivity index (χ2v) is 7.79. The van der Waals surface area contributed by atoms with Crippen LogP contribution in [0.25, 0.3) is 0 Å². The van der Waals surface area contributed by atoms with Gasteiger partial charge in [-0.3, -0.25) is 14.7 Å². The van der Waals surface area contributed by atoms with Gasteiger partial charge in [0.05, 0.1) is 5.69 Å². The Hall–Kier alpha value is -2.28. The number of aromatic nitrogens is 4. The highest BCUT2D eigenvalue weighted by Crippen LogP contribution is 2.24. The zero-order chi connectivity index (χ0) is 18.2. The maximum atomic E-state index is 12.1. The van der Waals surface area contributed by atoms with Crippen LogP contribution in [-0.4, -0.2) is 50.8 Å². The zero-order valence-electron chi connectivity index (χ0n) is 15.6. The highest BCUT2D eigenvalue weighted by Gasteiger charge is 2.31. The number of likely N-dealkylation sites (N-methyl/N-ethyl adjacent to an activating group) is 1. The van der Waals surface area contributed by atoms with Gasteiger partial charge in [0.2, 0.25) is 0 Å². The maximum Gasteiger partial charge on any atom is 0.273 e. The summed E-state index contributed by atoms with van der Waals surface area (Å²) < 4.78 is 1.57. The van der Waals surface area contributed by atoms with E-state index in [0.717, 1.165) is 24.6 Å². The first-order valence-corrected chi connectivity index (χ1v) is 8.55. The minimum absolute atomic E-state index is 0.0120. The number of anilines is 1. The molecule has 2 aromatic heterocycles. The Morgan fingerprint density at radius 1 is 1.24 bits per heavy atom. The van der Waals surface area contributed by atoms with Crippen LogP contribution in [0.2, 0.25) is 0 Å². The monoisotopic (exact) mass is 342 g/mol. The summed E-state index contributed by atoms with van der Waals surface area (Å²) in [5.74, 6) is 0.909. The molecule has 0 N–H and O–H groups in total. The van der Waals surface area contributed by atoms with Crippen LogP contribution in [0, 0.1) is 0 Å². The minimum Gasteiger partial charge on any atom is -0.352 e. The Morgan fingerprint density at radius 2 is 1.96 bits per heavy atom. The van der Waals surface area contributed by atoms with Gasteiger partial charge < -0.3 is 9.47 Å². The summed E-state index contributed by atoms with van der Waals surface area (Å²) in [7, 11) is 3.78. The van der Waals surface area contributed by atoms with Gasteiger partial charge in [-0.1, -0.05) is 20.8 Å². The summed E-state index contributed by atoms with van der Waals surface area (Å²) in [6, 6.07) is 4.48. The van der Waals surface area contributed by atoms with Gasteiger partial charge in [-0.2, -0.15) is 5.10 Å². The third-order valence-electron chi connectivity index (χ3n) is 4.72. The van der Waals surface area contributed by atoms with Crippen molar-refractivity contribution in [3.63, 3.8) is 0 Å². The molecule has 1 aliphatic heterocycles. The number of hydrogen-bond acceptors (Lipinski definition) is 6. The Morgan fingerprint density at radius 3 is 2.56 bits per heavy atom. The van der Waals surface area contributed by atoms with E-state index in [1.54, 1.807) is 24.0 Å². The SMILES string of the molecule is CN(Cc1nccn(C)c1=O)C1CN(c2ccc(C(C)(C)C)nn2)C1. The van der Waals surface area contributed by atoms with Crippen molar-refractivity contribution in [2.45, 2.75) is 38.8 Å². The molecule has 2 aromatic rings. The van der Waals surface area contributed by atoms with Crippen LogP contribution in [-0.2, 0) is 19.0 Å². The standard InChI is InChI=1S/C18H26N6O/c1-18(2,3)15-6-7-16(21-20-15)24-10-13(11-24)23(5)12-14-17(25)22(4)9-8-19-14/h6-9,13H,10-12H2,1-5H3. The number of aryl methyl sites for hydroxylation is 1. The molecule has 0 atom stereocenters. The minimum atomic E-state index is -0.0332. The fourth-order valence-corrected chi connectivity index (χ4v) is 2.84. The van der Waals surface area contributed by atoms with Crippen molar-refractivity contribution in [2.24, 2.45) is 7.05 Å². The van der Waals surface area contributed by atoms with E-state index in [1.807, 2.05) is 13.1 Å². The topological polar surface area (TPSA) is 67.2 Å². The van der Waals surface area contributed by atoms with Gasteiger partial charge in [0, 0.05) is 50.5 Å². The molecule has 0 aromatic carbocycles. The van der Waals surface area contributed by atoms with Gasteiger partial charge in [-0.05, 0) is 19.2 Å². The lowest BCUT2D eigenvalue weighted by Gasteiger charge is -2.44. The van der Waals surface area contributed by atoms with Crippen LogP contribution in [0.4, 0.5) is 5.82 Å². The Kier molecular flexibility index (Phi) is 4.60. The lowest BCUT2D eigenvalue weighted by Crippen LogP contribution is -2.58. The first-order chi connectivity index (χ1) is 11.8. The van der Waals surface area contributed by atoms with Crippen molar-refractivity contribution in [1.29, 1.82) is 0 Å². The van der Waals surface area contributed by atoms with Crippen molar-refractivity contribution >= 4 is 5.82 Å². The molecule has 3 rings (SSSR count). The fourth-order valence-electron chi connectivity index (χ4n) is 2.84. The van der Waals surface area contributed by atoms with Crippen molar-refractivity contribution in [3.05, 3.63) is 46.3 Å². The molecule has 0 unspecified atom stereocenters. The molecule has 25 heavy (non-hydrogen) atoms. The second-order valence-electron chi connectivity index (χ2n) is 7.79. The molecule has 0 aliphatic carbocycles. The summed E-state index contributed by atoms with van der Waals surface area (Å²) in [6.07, 6.45) is 3.35. The third-order valence-corrected chi connectivity index (χ3v) is 4.72. The van der Waals surface area contributed by atoms with E-state index in [1.165, 1.54) is 0 Å². The molecule has 3 heterocycles. The molecule has 0 saturated carbocycles. The molecule has 7 heteroatoms. The Labute approximate surface area is 148 Å². The molecule has 1 fully saturated rings. The second kappa shape index (κ2) is 6.55. The molecular formula is C18H26N6O. The van der Waals surface area contributed by atoms with E-state index in [4.69, 9.17) is 0 Å². The van der Waals surface area contributed by atoms with Gasteiger partial charge in [0.25, 0.3) is 5.56 Å². The lowest BCUT2D eigenvalue weighted by atomic mass is 9.92. The third kappa shape index (κ3) is 3.71. The zero-order valence-corrected chi connectivity index (χ0v) is 15.6. The van der Waals surface area contributed by atoms with E-state index in [9.17, 15) is 4.79 Å². The van der Waals surface area contributed by atoms with Gasteiger partial charge in [-0.15, -0.1) is 5.10 Å². The van der Waals surface area contributed by atoms with E-state index < -0.39 is 0 Å². The summed E-state index contributed by atoms with van der Waals surface area (Å²) in [5.41, 5.74) is 1.56. The summed E-state index contributed by atoms with van der Waals surface area (Å²) in [4.78, 5) is 20.7. The van der Waals surface area contributed by atoms with Gasteiger partial charge in [-0.25, -0.2) is 0 Å². The van der Waals surface area contributed by atoms with Crippen LogP contribution in [0.5, 0.6) is 0 Å². The van der Waals surface area contributed by atoms with Crippen LogP contribution < -0.4 is 10.5 Å². The van der Waals surface area contributed by atoms with Crippen molar-refractivity contribution in [3.8, 4) is 0 Å². The van der Waals surface area contributed by atoms with Gasteiger partial charge in [0.15, 0.2) is 5.82 Å². The number of rotatable bonds is 4. The first kappa shape index (κ1) is 17.5. The highest BCUT2D eigenvalue weighted by molar-refractivity contribution is 5.42. The molecule has 1 saturated heterocycles. The summed E-state index contributed by atoms with van der Waals surface area (Å²) >= 11 is 0. The predicted octanol–water partition coefficient (Wildman–Crippen LogP) is 1.19. The quantitative estimate of drug-likeness (QED) is 0.831. The molecule has 1 aliphatic rings. The van der Waals surface area contributed by atoms with E-state index in [-0.39, 0.29) is 11.0 Å². The smallest absolute Gasteiger partial charge is 0.273 e. The summed E-state index contributed by atoms with van der Waals surface area (Å²) in [6.45, 7) is 8.72. The largest absolute Gasteiger partial charge is 0.352 e. The van der Waals surface area contributed by atoms with Gasteiger partial charge >= 0.3 is 0 Å². The highest BCUT2D eigenvalue weighted by atomic mass is 16.1. The predicted molar refractivity (Wildman–Crippen MR) is 97.7 cm³/mol. The lowest BCUT2D eigenvalue weighted by molar-refractivity contribution is 0.193. The fraction of sp³-hybridized carbons (Fsp3) is 0.556. The Balaban J connectivity index is 1.58. The molecular weight excluding hydrogens is 316 g/mol. The number of nitrogens with zero attached hydrogens (tertiary/aromatic N) is 6. The molecule has 0 bridgehead atoms. The van der Waals surface area contributed by atoms with E-state index in [0.29, 0.717) is 18.3 Å². The van der Waals surface area contributed by atoms with Crippen LogP contribution in [0.1, 0.15) is 32.2 Å². The average Bonchev–Trinajstić information content (AvgIpc) is 2.50. The van der Waals surface area contributed by atoms with Crippen molar-refractivity contribution in [2.75, 3.05) is 25.0 Å². The molecule has 0 amide bonds. The van der Waals surface area contributed by atoms with Crippen molar-refractivity contribution < 1.29 is 0 Å². The molecule has 7 nitrogen and oxygen atoms in total. The maximum absolute atomic E-state index is 12.1. The number of hydrogen-bond donors (Lipinski definition) is 0. The molecule has 0 spiro atoms. The normalized spacial score (nSPS) is 15.5. The van der Waals surface area contributed by atoms with E-state index >= 15 is 0 Å². The van der Waals surface area contributed by atoms with Crippen LogP contribution in [0.15, 0.2) is 29.3 Å². The summed E-state index contributed by atoms with van der Waals surface area (Å²) in [5, 5.41) is 8.71. The average molecular weight is 342 g/mol. The van der Waals surface area contributed by atoms with Gasteiger partial charge in [0.1, 0.15) is 5.69 Å². The molecule has 0 radical (unpaired) electrons. The van der Waals surface area contributed by atoms with E-state index in [2.05, 4.69) is 51.8 Å². The molecule has 134 valence electrons. The first-order valence-electron chi connectivity index (χ1n) is 8.55. The van der Waals surface area contributed by atoms with Crippen molar-refractivity contribution in [1.82, 2.24) is 24.6 Å². The van der Waals surface area contributed by atoms with Crippen LogP contribution in [0.3, 0.4) is 0 Å². The van der Waals surface area contributed by atoms with Crippen LogP contribution >= 0.6 is 0 Å². The Bertz CT molecular complexity index is 786.